The summed E-state index contributed by atoms with van der Waals surface area (Å²) in [6.07, 6.45) is 1.80. The fraction of sp³-hybridized carbons (Fsp3) is 0.364. The van der Waals surface area contributed by atoms with Gasteiger partial charge in [-0.2, -0.15) is 0 Å². The molecule has 0 bridgehead atoms. The van der Waals surface area contributed by atoms with E-state index in [9.17, 15) is 0 Å². The fourth-order valence-electron chi connectivity index (χ4n) is 2.01. The van der Waals surface area contributed by atoms with Crippen molar-refractivity contribution in [1.82, 2.24) is 25.1 Å². The van der Waals surface area contributed by atoms with Gasteiger partial charge in [0.15, 0.2) is 5.82 Å². The predicted octanol–water partition coefficient (Wildman–Crippen LogP) is 0.752. The topological polar surface area (TPSA) is 55.6 Å². The Balaban J connectivity index is 2.13. The van der Waals surface area contributed by atoms with Gasteiger partial charge in [-0.1, -0.05) is 0 Å². The molecule has 0 radical (unpaired) electrons. The maximum atomic E-state index is 4.29. The quantitative estimate of drug-likeness (QED) is 0.762. The molecule has 0 amide bonds. The number of aromatic nitrogens is 4. The molecule has 82 valence electrons. The first-order valence-electron chi connectivity index (χ1n) is 5.41. The lowest BCUT2D eigenvalue weighted by Gasteiger charge is -2.16. The van der Waals surface area contributed by atoms with Crippen LogP contribution >= 0.6 is 0 Å². The van der Waals surface area contributed by atoms with Crippen LogP contribution in [-0.4, -0.2) is 26.3 Å². The molecule has 3 heterocycles. The fourth-order valence-corrected chi connectivity index (χ4v) is 2.01. The van der Waals surface area contributed by atoms with E-state index in [1.165, 1.54) is 0 Å². The van der Waals surface area contributed by atoms with Gasteiger partial charge in [-0.05, 0) is 19.1 Å². The second kappa shape index (κ2) is 3.68. The number of aryl methyl sites for hydroxylation is 1. The van der Waals surface area contributed by atoms with Crippen molar-refractivity contribution in [2.24, 2.45) is 0 Å². The van der Waals surface area contributed by atoms with Crippen molar-refractivity contribution in [3.05, 3.63) is 29.8 Å². The van der Waals surface area contributed by atoms with Gasteiger partial charge in [0.1, 0.15) is 5.82 Å². The minimum atomic E-state index is 0.798. The molecule has 0 spiro atoms. The van der Waals surface area contributed by atoms with E-state index in [1.54, 1.807) is 6.20 Å². The van der Waals surface area contributed by atoms with Crippen LogP contribution in [0.4, 0.5) is 0 Å². The molecule has 0 aromatic carbocycles. The maximum Gasteiger partial charge on any atom is 0.165 e. The summed E-state index contributed by atoms with van der Waals surface area (Å²) in [6, 6.07) is 3.98. The highest BCUT2D eigenvalue weighted by atomic mass is 15.3. The van der Waals surface area contributed by atoms with Gasteiger partial charge >= 0.3 is 0 Å². The number of hydrogen-bond acceptors (Lipinski definition) is 4. The summed E-state index contributed by atoms with van der Waals surface area (Å²) in [7, 11) is 0. The number of pyridine rings is 1. The maximum absolute atomic E-state index is 4.29. The summed E-state index contributed by atoms with van der Waals surface area (Å²) >= 11 is 0. The van der Waals surface area contributed by atoms with Crippen molar-refractivity contribution in [3.63, 3.8) is 0 Å². The SMILES string of the molecule is Cc1ncccc1-c1nnc2n1CCNC2. The monoisotopic (exact) mass is 215 g/mol. The predicted molar refractivity (Wildman–Crippen MR) is 59.7 cm³/mol. The standard InChI is InChI=1S/C11H13N5/c1-8-9(3-2-4-13-8)11-15-14-10-7-12-5-6-16(10)11/h2-4,12H,5-7H2,1H3. The van der Waals surface area contributed by atoms with Crippen LogP contribution < -0.4 is 5.32 Å². The first-order valence-corrected chi connectivity index (χ1v) is 5.41. The molecule has 0 fully saturated rings. The zero-order valence-corrected chi connectivity index (χ0v) is 9.14. The Bertz CT molecular complexity index is 517. The molecule has 2 aromatic heterocycles. The lowest BCUT2D eigenvalue weighted by atomic mass is 10.2. The number of hydrogen-bond donors (Lipinski definition) is 1. The van der Waals surface area contributed by atoms with Gasteiger partial charge in [-0.15, -0.1) is 10.2 Å². The van der Waals surface area contributed by atoms with E-state index in [0.29, 0.717) is 0 Å². The zero-order chi connectivity index (χ0) is 11.0. The Hall–Kier alpha value is -1.75. The van der Waals surface area contributed by atoms with Crippen molar-refractivity contribution >= 4 is 0 Å². The minimum absolute atomic E-state index is 0.798. The molecule has 5 heteroatoms. The number of rotatable bonds is 1. The lowest BCUT2D eigenvalue weighted by molar-refractivity contribution is 0.508. The molecule has 0 unspecified atom stereocenters. The molecule has 5 nitrogen and oxygen atoms in total. The molecule has 0 saturated heterocycles. The molecule has 16 heavy (non-hydrogen) atoms. The van der Waals surface area contributed by atoms with Gasteiger partial charge < -0.3 is 9.88 Å². The van der Waals surface area contributed by atoms with Gasteiger partial charge in [0.25, 0.3) is 0 Å². The Labute approximate surface area is 93.5 Å². The summed E-state index contributed by atoms with van der Waals surface area (Å²) < 4.78 is 2.17. The molecule has 1 N–H and O–H groups in total. The average molecular weight is 215 g/mol. The van der Waals surface area contributed by atoms with Gasteiger partial charge in [0.2, 0.25) is 0 Å². The van der Waals surface area contributed by atoms with E-state index < -0.39 is 0 Å². The minimum Gasteiger partial charge on any atom is -0.309 e. The Kier molecular flexibility index (Phi) is 2.18. The van der Waals surface area contributed by atoms with Crippen LogP contribution in [0.3, 0.4) is 0 Å². The van der Waals surface area contributed by atoms with Crippen molar-refractivity contribution in [2.45, 2.75) is 20.0 Å². The van der Waals surface area contributed by atoms with E-state index in [2.05, 4.69) is 25.1 Å². The van der Waals surface area contributed by atoms with Crippen molar-refractivity contribution in [1.29, 1.82) is 0 Å². The van der Waals surface area contributed by atoms with Gasteiger partial charge in [-0.25, -0.2) is 0 Å². The molecular weight excluding hydrogens is 202 g/mol. The van der Waals surface area contributed by atoms with E-state index in [0.717, 1.165) is 42.5 Å². The summed E-state index contributed by atoms with van der Waals surface area (Å²) in [5.41, 5.74) is 2.07. The third kappa shape index (κ3) is 1.40. The summed E-state index contributed by atoms with van der Waals surface area (Å²) in [6.45, 7) is 4.69. The summed E-state index contributed by atoms with van der Waals surface area (Å²) in [5, 5.41) is 11.7. The van der Waals surface area contributed by atoms with E-state index in [1.807, 2.05) is 19.1 Å². The van der Waals surface area contributed by atoms with Crippen LogP contribution in [0.25, 0.3) is 11.4 Å². The Morgan fingerprint density at radius 3 is 3.19 bits per heavy atom. The number of fused-ring (bicyclic) bond motifs is 1. The highest BCUT2D eigenvalue weighted by Crippen LogP contribution is 2.21. The van der Waals surface area contributed by atoms with Gasteiger partial charge in [0.05, 0.1) is 6.54 Å². The van der Waals surface area contributed by atoms with Crippen LogP contribution in [0.15, 0.2) is 18.3 Å². The van der Waals surface area contributed by atoms with Crippen molar-refractivity contribution in [2.75, 3.05) is 6.54 Å². The van der Waals surface area contributed by atoms with Crippen LogP contribution in [0.1, 0.15) is 11.5 Å². The van der Waals surface area contributed by atoms with Crippen molar-refractivity contribution < 1.29 is 0 Å². The molecule has 0 aliphatic carbocycles. The molecule has 0 atom stereocenters. The van der Waals surface area contributed by atoms with Crippen LogP contribution in [-0.2, 0) is 13.1 Å². The summed E-state index contributed by atoms with van der Waals surface area (Å²) in [4.78, 5) is 4.29. The molecule has 0 saturated carbocycles. The molecule has 1 aliphatic rings. The molecule has 3 rings (SSSR count). The Morgan fingerprint density at radius 2 is 2.31 bits per heavy atom. The summed E-state index contributed by atoms with van der Waals surface area (Å²) in [5.74, 6) is 1.94. The van der Waals surface area contributed by atoms with Crippen LogP contribution in [0.2, 0.25) is 0 Å². The molecule has 2 aromatic rings. The van der Waals surface area contributed by atoms with Crippen molar-refractivity contribution in [3.8, 4) is 11.4 Å². The Morgan fingerprint density at radius 1 is 1.38 bits per heavy atom. The molecule has 1 aliphatic heterocycles. The number of nitrogens with one attached hydrogen (secondary N) is 1. The van der Waals surface area contributed by atoms with E-state index >= 15 is 0 Å². The molecular formula is C11H13N5. The first-order chi connectivity index (χ1) is 7.86. The largest absolute Gasteiger partial charge is 0.309 e. The zero-order valence-electron chi connectivity index (χ0n) is 9.14. The highest BCUT2D eigenvalue weighted by Gasteiger charge is 2.17. The smallest absolute Gasteiger partial charge is 0.165 e. The third-order valence-electron chi connectivity index (χ3n) is 2.87. The first kappa shape index (κ1) is 9.47. The van der Waals surface area contributed by atoms with Crippen LogP contribution in [0.5, 0.6) is 0 Å². The van der Waals surface area contributed by atoms with E-state index in [-0.39, 0.29) is 0 Å². The van der Waals surface area contributed by atoms with Crippen LogP contribution in [0, 0.1) is 6.92 Å². The third-order valence-corrected chi connectivity index (χ3v) is 2.87. The van der Waals surface area contributed by atoms with Gasteiger partial charge in [-0.3, -0.25) is 4.98 Å². The normalized spacial score (nSPS) is 14.8. The van der Waals surface area contributed by atoms with E-state index in [4.69, 9.17) is 0 Å². The average Bonchev–Trinajstić information content (AvgIpc) is 2.74. The van der Waals surface area contributed by atoms with Gasteiger partial charge in [0, 0.05) is 30.5 Å². The second-order valence-electron chi connectivity index (χ2n) is 3.90. The highest BCUT2D eigenvalue weighted by molar-refractivity contribution is 5.58. The lowest BCUT2D eigenvalue weighted by Crippen LogP contribution is -2.28. The number of nitrogens with zero attached hydrogens (tertiary/aromatic N) is 4. The second-order valence-corrected chi connectivity index (χ2v) is 3.90.